The van der Waals surface area contributed by atoms with Crippen molar-refractivity contribution < 1.29 is 10.1 Å². The van der Waals surface area contributed by atoms with Crippen LogP contribution in [0.1, 0.15) is 52.4 Å². The number of carbonyl (C=O) groups excluding carboxylic acids is 1. The molecule has 0 aromatic heterocycles. The van der Waals surface area contributed by atoms with Gasteiger partial charge in [0.15, 0.2) is 6.04 Å². The number of para-hydroxylation sites is 1. The molecule has 0 heterocycles. The van der Waals surface area contributed by atoms with Gasteiger partial charge in [0.05, 0.1) is 6.04 Å². The van der Waals surface area contributed by atoms with E-state index in [9.17, 15) is 4.79 Å². The van der Waals surface area contributed by atoms with Crippen molar-refractivity contribution in [1.29, 1.82) is 0 Å². The van der Waals surface area contributed by atoms with Crippen LogP contribution in [0.25, 0.3) is 0 Å². The van der Waals surface area contributed by atoms with Crippen LogP contribution in [0.3, 0.4) is 0 Å². The van der Waals surface area contributed by atoms with E-state index >= 15 is 0 Å². The number of quaternary nitrogens is 1. The average molecular weight is 327 g/mol. The molecule has 0 saturated heterocycles. The first-order valence-electron chi connectivity index (χ1n) is 9.75. The molecule has 24 heavy (non-hydrogen) atoms. The van der Waals surface area contributed by atoms with Crippen LogP contribution in [-0.2, 0) is 4.79 Å². The number of amides is 1. The Balaban J connectivity index is 1.38. The molecular formula is C21H31N2O+. The third kappa shape index (κ3) is 2.99. The lowest BCUT2D eigenvalue weighted by atomic mass is 9.48. The molecule has 4 saturated carbocycles. The van der Waals surface area contributed by atoms with E-state index in [1.165, 1.54) is 38.5 Å². The van der Waals surface area contributed by atoms with Gasteiger partial charge in [0, 0.05) is 11.1 Å². The summed E-state index contributed by atoms with van der Waals surface area (Å²) in [6.07, 6.45) is 8.67. The second kappa shape index (κ2) is 6.18. The first kappa shape index (κ1) is 16.1. The molecule has 4 aliphatic rings. The zero-order chi connectivity index (χ0) is 16.7. The van der Waals surface area contributed by atoms with Gasteiger partial charge in [-0.15, -0.1) is 0 Å². The van der Waals surface area contributed by atoms with Gasteiger partial charge in [-0.1, -0.05) is 18.2 Å². The lowest BCUT2D eigenvalue weighted by Crippen LogP contribution is -2.98. The molecule has 130 valence electrons. The minimum Gasteiger partial charge on any atom is -0.334 e. The second-order valence-electron chi connectivity index (χ2n) is 8.91. The molecule has 3 nitrogen and oxygen atoms in total. The number of hydrogen-bond donors (Lipinski definition) is 2. The van der Waals surface area contributed by atoms with Crippen molar-refractivity contribution in [2.24, 2.45) is 23.2 Å². The normalized spacial score (nSPS) is 36.3. The molecule has 0 spiro atoms. The van der Waals surface area contributed by atoms with E-state index < -0.39 is 0 Å². The van der Waals surface area contributed by atoms with E-state index in [4.69, 9.17) is 0 Å². The number of hydrogen-bond acceptors (Lipinski definition) is 1. The summed E-state index contributed by atoms with van der Waals surface area (Å²) in [5, 5.41) is 5.39. The largest absolute Gasteiger partial charge is 0.334 e. The molecular weight excluding hydrogens is 296 g/mol. The molecule has 1 amide bonds. The SMILES string of the molecule is C[C@H]([NH2+][C@@H](C)C12CC3CC(CC(C3)C1)C2)C(=O)Nc1ccccc1. The van der Waals surface area contributed by atoms with E-state index in [2.05, 4.69) is 24.5 Å². The van der Waals surface area contributed by atoms with Gasteiger partial charge >= 0.3 is 0 Å². The smallest absolute Gasteiger partial charge is 0.282 e. The Morgan fingerprint density at radius 1 is 1.04 bits per heavy atom. The molecule has 3 N–H and O–H groups in total. The van der Waals surface area contributed by atoms with Crippen molar-refractivity contribution in [2.75, 3.05) is 5.32 Å². The standard InChI is InChI=1S/C21H30N2O/c1-14(20(24)23-19-6-4-3-5-7-19)22-15(2)21-11-16-8-17(12-21)10-18(9-16)13-21/h3-7,14-18,22H,8-13H2,1-2H3,(H,23,24)/p+1/t14-,15-,16?,17?,18?,21?/m0/s1. The van der Waals surface area contributed by atoms with E-state index in [0.29, 0.717) is 11.5 Å². The van der Waals surface area contributed by atoms with Crippen molar-refractivity contribution in [3.05, 3.63) is 30.3 Å². The van der Waals surface area contributed by atoms with Crippen LogP contribution in [0.4, 0.5) is 5.69 Å². The first-order chi connectivity index (χ1) is 11.5. The fourth-order valence-corrected chi connectivity index (χ4v) is 6.24. The maximum absolute atomic E-state index is 12.5. The maximum Gasteiger partial charge on any atom is 0.282 e. The third-order valence-electron chi connectivity index (χ3n) is 7.08. The Bertz CT molecular complexity index is 562. The van der Waals surface area contributed by atoms with Crippen LogP contribution >= 0.6 is 0 Å². The lowest BCUT2D eigenvalue weighted by molar-refractivity contribution is -0.718. The van der Waals surface area contributed by atoms with Crippen molar-refractivity contribution in [3.8, 4) is 0 Å². The summed E-state index contributed by atoms with van der Waals surface area (Å²) in [7, 11) is 0. The Hall–Kier alpha value is -1.35. The van der Waals surface area contributed by atoms with Gasteiger partial charge in [0.2, 0.25) is 0 Å². The van der Waals surface area contributed by atoms with E-state index in [1.54, 1.807) is 0 Å². The van der Waals surface area contributed by atoms with Gasteiger partial charge < -0.3 is 10.6 Å². The highest BCUT2D eigenvalue weighted by Gasteiger charge is 2.54. The summed E-state index contributed by atoms with van der Waals surface area (Å²) in [5.41, 5.74) is 1.39. The third-order valence-corrected chi connectivity index (χ3v) is 7.08. The highest BCUT2D eigenvalue weighted by molar-refractivity contribution is 5.93. The summed E-state index contributed by atoms with van der Waals surface area (Å²) in [6, 6.07) is 10.3. The zero-order valence-electron chi connectivity index (χ0n) is 15.0. The van der Waals surface area contributed by atoms with E-state index in [0.717, 1.165) is 23.4 Å². The molecule has 3 heteroatoms. The molecule has 0 aliphatic heterocycles. The maximum atomic E-state index is 12.5. The quantitative estimate of drug-likeness (QED) is 0.857. The van der Waals surface area contributed by atoms with Crippen LogP contribution in [0.2, 0.25) is 0 Å². The van der Waals surface area contributed by atoms with Crippen LogP contribution < -0.4 is 10.6 Å². The van der Waals surface area contributed by atoms with Gasteiger partial charge in [0.1, 0.15) is 0 Å². The van der Waals surface area contributed by atoms with Crippen molar-refractivity contribution >= 4 is 11.6 Å². The number of carbonyl (C=O) groups is 1. The van der Waals surface area contributed by atoms with Gasteiger partial charge in [0.25, 0.3) is 5.91 Å². The minimum atomic E-state index is -0.0341. The van der Waals surface area contributed by atoms with Crippen LogP contribution in [0, 0.1) is 23.2 Å². The molecule has 1 aromatic rings. The summed E-state index contributed by atoms with van der Waals surface area (Å²) in [4.78, 5) is 12.5. The predicted octanol–water partition coefficient (Wildman–Crippen LogP) is 3.18. The Morgan fingerprint density at radius 2 is 1.58 bits per heavy atom. The zero-order valence-corrected chi connectivity index (χ0v) is 15.0. The molecule has 5 rings (SSSR count). The summed E-state index contributed by atoms with van der Waals surface area (Å²) < 4.78 is 0. The van der Waals surface area contributed by atoms with Crippen LogP contribution in [-0.4, -0.2) is 18.0 Å². The highest BCUT2D eigenvalue weighted by Crippen LogP contribution is 2.60. The summed E-state index contributed by atoms with van der Waals surface area (Å²) in [6.45, 7) is 4.43. The Morgan fingerprint density at radius 3 is 2.12 bits per heavy atom. The van der Waals surface area contributed by atoms with Crippen molar-refractivity contribution in [2.45, 2.75) is 64.5 Å². The monoisotopic (exact) mass is 327 g/mol. The summed E-state index contributed by atoms with van der Waals surface area (Å²) >= 11 is 0. The van der Waals surface area contributed by atoms with Gasteiger partial charge in [-0.05, 0) is 82.3 Å². The second-order valence-corrected chi connectivity index (χ2v) is 8.91. The molecule has 2 atom stereocenters. The number of benzene rings is 1. The van der Waals surface area contributed by atoms with Crippen molar-refractivity contribution in [1.82, 2.24) is 0 Å². The number of anilines is 1. The molecule has 1 aromatic carbocycles. The minimum absolute atomic E-state index is 0.0341. The number of nitrogens with two attached hydrogens (primary N) is 1. The van der Waals surface area contributed by atoms with E-state index in [-0.39, 0.29) is 11.9 Å². The molecule has 4 fully saturated rings. The lowest BCUT2D eigenvalue weighted by Gasteiger charge is -2.58. The van der Waals surface area contributed by atoms with Gasteiger partial charge in [-0.2, -0.15) is 0 Å². The Kier molecular flexibility index (Phi) is 4.16. The van der Waals surface area contributed by atoms with Gasteiger partial charge in [-0.25, -0.2) is 0 Å². The van der Waals surface area contributed by atoms with Crippen molar-refractivity contribution in [3.63, 3.8) is 0 Å². The van der Waals surface area contributed by atoms with E-state index in [1.807, 2.05) is 30.3 Å². The van der Waals surface area contributed by atoms with Gasteiger partial charge in [-0.3, -0.25) is 4.79 Å². The molecule has 4 bridgehead atoms. The number of rotatable bonds is 5. The molecule has 4 aliphatic carbocycles. The fraction of sp³-hybridized carbons (Fsp3) is 0.667. The highest BCUT2D eigenvalue weighted by atomic mass is 16.2. The molecule has 0 radical (unpaired) electrons. The van der Waals surface area contributed by atoms with Crippen LogP contribution in [0.15, 0.2) is 30.3 Å². The topological polar surface area (TPSA) is 45.7 Å². The predicted molar refractivity (Wildman–Crippen MR) is 96.5 cm³/mol. The van der Waals surface area contributed by atoms with Crippen LogP contribution in [0.5, 0.6) is 0 Å². The average Bonchev–Trinajstić information content (AvgIpc) is 2.54. The summed E-state index contributed by atoms with van der Waals surface area (Å²) in [5.74, 6) is 3.04. The molecule has 0 unspecified atom stereocenters. The Labute approximate surface area is 145 Å². The number of nitrogens with one attached hydrogen (secondary N) is 1. The first-order valence-corrected chi connectivity index (χ1v) is 9.75. The fourth-order valence-electron chi connectivity index (χ4n) is 6.24.